The highest BCUT2D eigenvalue weighted by molar-refractivity contribution is 7.89. The van der Waals surface area contributed by atoms with E-state index in [9.17, 15) is 22.0 Å². The molecule has 1 saturated heterocycles. The first-order chi connectivity index (χ1) is 13.2. The van der Waals surface area contributed by atoms with Crippen LogP contribution in [0.15, 0.2) is 41.3 Å². The van der Waals surface area contributed by atoms with E-state index < -0.39 is 33.5 Å². The minimum atomic E-state index is -3.97. The van der Waals surface area contributed by atoms with Crippen LogP contribution in [0.25, 0.3) is 0 Å². The van der Waals surface area contributed by atoms with Crippen molar-refractivity contribution in [1.82, 2.24) is 4.31 Å². The highest BCUT2D eigenvalue weighted by atomic mass is 35.5. The van der Waals surface area contributed by atoms with Crippen LogP contribution < -0.4 is 5.32 Å². The molecule has 0 aromatic heterocycles. The molecule has 0 bridgehead atoms. The predicted octanol–water partition coefficient (Wildman–Crippen LogP) is 4.31. The predicted molar refractivity (Wildman–Crippen MR) is 103 cm³/mol. The Hall–Kier alpha value is -1.74. The first kappa shape index (κ1) is 21.0. The lowest BCUT2D eigenvalue weighted by Crippen LogP contribution is -2.43. The fourth-order valence-electron chi connectivity index (χ4n) is 3.02. The molecule has 0 radical (unpaired) electrons. The summed E-state index contributed by atoms with van der Waals surface area (Å²) in [5.74, 6) is -2.77. The molecule has 3 rings (SSSR count). The molecule has 1 N–H and O–H groups in total. The summed E-state index contributed by atoms with van der Waals surface area (Å²) in [7, 11) is -3.97. The summed E-state index contributed by atoms with van der Waals surface area (Å²) in [6.45, 7) is 0.108. The summed E-state index contributed by atoms with van der Waals surface area (Å²) in [6, 6.07) is 6.83. The Morgan fingerprint density at radius 2 is 1.89 bits per heavy atom. The Labute approximate surface area is 171 Å². The second kappa shape index (κ2) is 8.32. The average molecular weight is 449 g/mol. The summed E-state index contributed by atoms with van der Waals surface area (Å²) in [6.07, 6.45) is 0.846. The molecule has 1 amide bonds. The van der Waals surface area contributed by atoms with Crippen LogP contribution in [0.3, 0.4) is 0 Å². The molecular weight excluding hydrogens is 433 g/mol. The number of hydrogen-bond donors (Lipinski definition) is 1. The van der Waals surface area contributed by atoms with Crippen molar-refractivity contribution in [2.75, 3.05) is 18.4 Å². The van der Waals surface area contributed by atoms with Gasteiger partial charge in [-0.1, -0.05) is 23.2 Å². The van der Waals surface area contributed by atoms with Gasteiger partial charge in [0.25, 0.3) is 0 Å². The molecule has 1 aliphatic rings. The molecule has 1 atom stereocenters. The number of carbonyl (C=O) groups is 1. The average Bonchev–Trinajstić information content (AvgIpc) is 2.66. The lowest BCUT2D eigenvalue weighted by molar-refractivity contribution is -0.120. The van der Waals surface area contributed by atoms with Crippen molar-refractivity contribution in [2.24, 2.45) is 5.92 Å². The fourth-order valence-corrected chi connectivity index (χ4v) is 5.28. The van der Waals surface area contributed by atoms with Crippen LogP contribution in [-0.2, 0) is 14.8 Å². The summed E-state index contributed by atoms with van der Waals surface area (Å²) < 4.78 is 54.0. The Balaban J connectivity index is 1.79. The normalized spacial score (nSPS) is 18.1. The van der Waals surface area contributed by atoms with E-state index in [1.165, 1.54) is 18.2 Å². The van der Waals surface area contributed by atoms with Crippen molar-refractivity contribution in [3.63, 3.8) is 0 Å². The van der Waals surface area contributed by atoms with Crippen molar-refractivity contribution in [1.29, 1.82) is 0 Å². The van der Waals surface area contributed by atoms with Gasteiger partial charge in [-0.05, 0) is 43.2 Å². The number of rotatable bonds is 4. The molecule has 0 unspecified atom stereocenters. The lowest BCUT2D eigenvalue weighted by Gasteiger charge is -2.31. The van der Waals surface area contributed by atoms with Crippen LogP contribution >= 0.6 is 23.2 Å². The van der Waals surface area contributed by atoms with E-state index in [0.717, 1.165) is 22.5 Å². The fraction of sp³-hybridized carbons (Fsp3) is 0.278. The molecule has 1 heterocycles. The standard InChI is InChI=1S/C18H16Cl2F2N2O3S/c19-12-3-5-14(20)17(8-12)28(26,27)24-7-1-2-11(10-24)18(25)23-16-9-13(21)4-6-15(16)22/h3-6,8-9,11H,1-2,7,10H2,(H,23,25)/t11-/m1/s1. The number of halogens is 4. The first-order valence-electron chi connectivity index (χ1n) is 8.39. The Kier molecular flexibility index (Phi) is 6.24. The van der Waals surface area contributed by atoms with Gasteiger partial charge in [0, 0.05) is 24.2 Å². The van der Waals surface area contributed by atoms with Gasteiger partial charge in [0.15, 0.2) is 0 Å². The molecule has 1 aliphatic heterocycles. The Morgan fingerprint density at radius 3 is 2.64 bits per heavy atom. The van der Waals surface area contributed by atoms with E-state index in [0.29, 0.717) is 12.8 Å². The Morgan fingerprint density at radius 1 is 1.14 bits per heavy atom. The van der Waals surface area contributed by atoms with Gasteiger partial charge in [-0.15, -0.1) is 0 Å². The van der Waals surface area contributed by atoms with Crippen LogP contribution in [0.1, 0.15) is 12.8 Å². The summed E-state index contributed by atoms with van der Waals surface area (Å²) in [4.78, 5) is 12.4. The Bertz CT molecular complexity index is 1020. The smallest absolute Gasteiger partial charge is 0.244 e. The maximum Gasteiger partial charge on any atom is 0.244 e. The second-order valence-corrected chi connectivity index (χ2v) is 9.14. The summed E-state index contributed by atoms with van der Waals surface area (Å²) in [5, 5.41) is 2.57. The number of benzene rings is 2. The topological polar surface area (TPSA) is 66.5 Å². The maximum absolute atomic E-state index is 13.8. The van der Waals surface area contributed by atoms with Crippen LogP contribution in [0, 0.1) is 17.6 Å². The monoisotopic (exact) mass is 448 g/mol. The third-order valence-electron chi connectivity index (χ3n) is 4.45. The number of piperidine rings is 1. The number of anilines is 1. The van der Waals surface area contributed by atoms with E-state index in [1.54, 1.807) is 0 Å². The SMILES string of the molecule is O=C(Nc1cc(F)ccc1F)[C@@H]1CCCN(S(=O)(=O)c2cc(Cl)ccc2Cl)C1. The summed E-state index contributed by atoms with van der Waals surface area (Å²) >= 11 is 11.9. The van der Waals surface area contributed by atoms with Gasteiger partial charge in [-0.25, -0.2) is 17.2 Å². The zero-order valence-corrected chi connectivity index (χ0v) is 16.8. The molecule has 2 aromatic carbocycles. The van der Waals surface area contributed by atoms with Crippen molar-refractivity contribution in [3.05, 3.63) is 58.1 Å². The van der Waals surface area contributed by atoms with Gasteiger partial charge in [-0.3, -0.25) is 4.79 Å². The van der Waals surface area contributed by atoms with Crippen molar-refractivity contribution < 1.29 is 22.0 Å². The highest BCUT2D eigenvalue weighted by Crippen LogP contribution is 2.31. The van der Waals surface area contributed by atoms with E-state index in [-0.39, 0.29) is 33.7 Å². The van der Waals surface area contributed by atoms with Gasteiger partial charge < -0.3 is 5.32 Å². The lowest BCUT2D eigenvalue weighted by atomic mass is 9.98. The minimum absolute atomic E-state index is 0.0257. The summed E-state index contributed by atoms with van der Waals surface area (Å²) in [5.41, 5.74) is -0.289. The quantitative estimate of drug-likeness (QED) is 0.757. The minimum Gasteiger partial charge on any atom is -0.323 e. The third kappa shape index (κ3) is 4.46. The molecule has 10 heteroatoms. The van der Waals surface area contributed by atoms with E-state index >= 15 is 0 Å². The van der Waals surface area contributed by atoms with Crippen LogP contribution in [0.5, 0.6) is 0 Å². The van der Waals surface area contributed by atoms with Gasteiger partial charge in [0.05, 0.1) is 16.6 Å². The zero-order valence-electron chi connectivity index (χ0n) is 14.5. The number of hydrogen-bond acceptors (Lipinski definition) is 3. The molecule has 0 spiro atoms. The van der Waals surface area contributed by atoms with E-state index in [1.807, 2.05) is 0 Å². The van der Waals surface area contributed by atoms with E-state index in [4.69, 9.17) is 23.2 Å². The van der Waals surface area contributed by atoms with Gasteiger partial charge in [0.2, 0.25) is 15.9 Å². The van der Waals surface area contributed by atoms with Gasteiger partial charge >= 0.3 is 0 Å². The van der Waals surface area contributed by atoms with Crippen LogP contribution in [0.4, 0.5) is 14.5 Å². The molecule has 1 fully saturated rings. The number of amides is 1. The first-order valence-corrected chi connectivity index (χ1v) is 10.6. The number of nitrogens with zero attached hydrogens (tertiary/aromatic N) is 1. The van der Waals surface area contributed by atoms with Crippen molar-refractivity contribution >= 4 is 44.8 Å². The number of sulfonamides is 1. The molecule has 0 aliphatic carbocycles. The zero-order chi connectivity index (χ0) is 20.5. The highest BCUT2D eigenvalue weighted by Gasteiger charge is 2.34. The van der Waals surface area contributed by atoms with Gasteiger partial charge in [0.1, 0.15) is 16.5 Å². The van der Waals surface area contributed by atoms with Crippen LogP contribution in [-0.4, -0.2) is 31.7 Å². The third-order valence-corrected chi connectivity index (χ3v) is 7.03. The molecular formula is C18H16Cl2F2N2O3S. The second-order valence-electron chi connectivity index (χ2n) is 6.39. The number of nitrogens with one attached hydrogen (secondary N) is 1. The van der Waals surface area contributed by atoms with Crippen molar-refractivity contribution in [3.8, 4) is 0 Å². The number of carbonyl (C=O) groups excluding carboxylic acids is 1. The largest absolute Gasteiger partial charge is 0.323 e. The van der Waals surface area contributed by atoms with Crippen molar-refractivity contribution in [2.45, 2.75) is 17.7 Å². The van der Waals surface area contributed by atoms with Crippen LogP contribution in [0.2, 0.25) is 10.0 Å². The van der Waals surface area contributed by atoms with E-state index in [2.05, 4.69) is 5.32 Å². The molecule has 150 valence electrons. The molecule has 5 nitrogen and oxygen atoms in total. The molecule has 2 aromatic rings. The molecule has 28 heavy (non-hydrogen) atoms. The van der Waals surface area contributed by atoms with Gasteiger partial charge in [-0.2, -0.15) is 4.31 Å². The molecule has 0 saturated carbocycles. The maximum atomic E-state index is 13.8.